The van der Waals surface area contributed by atoms with Gasteiger partial charge in [-0.05, 0) is 27.6 Å². The maximum atomic E-state index is 11.8. The third-order valence-corrected chi connectivity index (χ3v) is 3.38. The van der Waals surface area contributed by atoms with Gasteiger partial charge in [0.05, 0.1) is 11.3 Å². The van der Waals surface area contributed by atoms with E-state index >= 15 is 0 Å². The molecule has 1 aromatic heterocycles. The molecule has 22 heavy (non-hydrogen) atoms. The SMILES string of the molecule is O=C(Nc1c(C(=O)O)cc(Cl)nc1Br)OCc1ccccc1. The summed E-state index contributed by atoms with van der Waals surface area (Å²) >= 11 is 8.76. The quantitative estimate of drug-likeness (QED) is 0.778. The number of nitrogens with one attached hydrogen (secondary N) is 1. The van der Waals surface area contributed by atoms with E-state index in [4.69, 9.17) is 21.4 Å². The van der Waals surface area contributed by atoms with Crippen LogP contribution in [-0.2, 0) is 11.3 Å². The third-order valence-electron chi connectivity index (χ3n) is 2.61. The number of anilines is 1. The molecule has 0 saturated carbocycles. The average molecular weight is 386 g/mol. The number of pyridine rings is 1. The molecule has 2 N–H and O–H groups in total. The monoisotopic (exact) mass is 384 g/mol. The van der Waals surface area contributed by atoms with Crippen LogP contribution >= 0.6 is 27.5 Å². The van der Waals surface area contributed by atoms with Crippen LogP contribution in [0.3, 0.4) is 0 Å². The molecule has 6 nitrogen and oxygen atoms in total. The van der Waals surface area contributed by atoms with Crippen LogP contribution in [0.4, 0.5) is 10.5 Å². The highest BCUT2D eigenvalue weighted by atomic mass is 79.9. The van der Waals surface area contributed by atoms with Crippen LogP contribution in [-0.4, -0.2) is 22.2 Å². The molecule has 1 aromatic carbocycles. The van der Waals surface area contributed by atoms with Crippen molar-refractivity contribution in [2.24, 2.45) is 0 Å². The Kier molecular flexibility index (Phi) is 5.35. The van der Waals surface area contributed by atoms with Gasteiger partial charge in [0.1, 0.15) is 16.4 Å². The molecule has 0 bridgehead atoms. The molecule has 0 saturated heterocycles. The minimum Gasteiger partial charge on any atom is -0.478 e. The number of carboxylic acids is 1. The summed E-state index contributed by atoms with van der Waals surface area (Å²) in [4.78, 5) is 26.8. The molecule has 0 aliphatic carbocycles. The van der Waals surface area contributed by atoms with Crippen molar-refractivity contribution in [1.82, 2.24) is 4.98 Å². The Morgan fingerprint density at radius 1 is 1.32 bits per heavy atom. The van der Waals surface area contributed by atoms with Crippen LogP contribution in [0.15, 0.2) is 41.0 Å². The fourth-order valence-corrected chi connectivity index (χ4v) is 2.43. The van der Waals surface area contributed by atoms with E-state index < -0.39 is 12.1 Å². The Morgan fingerprint density at radius 2 is 2.00 bits per heavy atom. The zero-order valence-corrected chi connectivity index (χ0v) is 13.4. The minimum absolute atomic E-state index is 0.00696. The highest BCUT2D eigenvalue weighted by Gasteiger charge is 2.18. The van der Waals surface area contributed by atoms with E-state index in [1.165, 1.54) is 0 Å². The molecule has 0 spiro atoms. The van der Waals surface area contributed by atoms with Gasteiger partial charge in [0.25, 0.3) is 0 Å². The van der Waals surface area contributed by atoms with E-state index in [2.05, 4.69) is 26.2 Å². The van der Waals surface area contributed by atoms with Crippen LogP contribution in [0.25, 0.3) is 0 Å². The van der Waals surface area contributed by atoms with Crippen molar-refractivity contribution in [1.29, 1.82) is 0 Å². The summed E-state index contributed by atoms with van der Waals surface area (Å²) in [5.41, 5.74) is 0.600. The van der Waals surface area contributed by atoms with Gasteiger partial charge in [0.2, 0.25) is 0 Å². The Hall–Kier alpha value is -2.12. The number of halogens is 2. The molecule has 1 heterocycles. The van der Waals surface area contributed by atoms with Crippen molar-refractivity contribution in [3.05, 3.63) is 57.3 Å². The minimum atomic E-state index is -1.25. The Balaban J connectivity index is 2.10. The zero-order valence-electron chi connectivity index (χ0n) is 11.0. The standard InChI is InChI=1S/C14H10BrClN2O4/c15-12-11(9(13(19)20)6-10(16)17-12)18-14(21)22-7-8-4-2-1-3-5-8/h1-6H,7H2,(H,18,21)(H,19,20). The van der Waals surface area contributed by atoms with E-state index in [1.807, 2.05) is 18.2 Å². The number of amides is 1. The molecule has 8 heteroatoms. The van der Waals surface area contributed by atoms with Crippen LogP contribution < -0.4 is 5.32 Å². The lowest BCUT2D eigenvalue weighted by Crippen LogP contribution is -2.17. The Labute approximate surface area is 139 Å². The van der Waals surface area contributed by atoms with Crippen LogP contribution in [0.5, 0.6) is 0 Å². The molecule has 2 rings (SSSR count). The molecule has 0 aliphatic heterocycles. The van der Waals surface area contributed by atoms with Gasteiger partial charge in [-0.3, -0.25) is 5.32 Å². The summed E-state index contributed by atoms with van der Waals surface area (Å²) in [6.07, 6.45) is -0.795. The highest BCUT2D eigenvalue weighted by Crippen LogP contribution is 2.27. The van der Waals surface area contributed by atoms with Crippen molar-refractivity contribution >= 4 is 45.3 Å². The fraction of sp³-hybridized carbons (Fsp3) is 0.0714. The van der Waals surface area contributed by atoms with Crippen molar-refractivity contribution < 1.29 is 19.4 Å². The van der Waals surface area contributed by atoms with Crippen LogP contribution in [0, 0.1) is 0 Å². The second-order valence-electron chi connectivity index (χ2n) is 4.15. The average Bonchev–Trinajstić information content (AvgIpc) is 2.48. The number of carbonyl (C=O) groups excluding carboxylic acids is 1. The summed E-state index contributed by atoms with van der Waals surface area (Å²) in [5, 5.41) is 11.5. The molecule has 0 aliphatic rings. The van der Waals surface area contributed by atoms with E-state index in [0.717, 1.165) is 11.6 Å². The molecular weight excluding hydrogens is 376 g/mol. The number of hydrogen-bond donors (Lipinski definition) is 2. The first-order valence-corrected chi connectivity index (χ1v) is 7.21. The zero-order chi connectivity index (χ0) is 16.1. The summed E-state index contributed by atoms with van der Waals surface area (Å²) in [6.45, 7) is 0.0632. The summed E-state index contributed by atoms with van der Waals surface area (Å²) < 4.78 is 5.13. The predicted molar refractivity (Wildman–Crippen MR) is 84.2 cm³/mol. The number of benzene rings is 1. The Morgan fingerprint density at radius 3 is 2.64 bits per heavy atom. The second kappa shape index (κ2) is 7.24. The molecule has 1 amide bonds. The maximum absolute atomic E-state index is 11.8. The number of ether oxygens (including phenoxy) is 1. The van der Waals surface area contributed by atoms with E-state index in [9.17, 15) is 9.59 Å². The summed E-state index contributed by atoms with van der Waals surface area (Å²) in [6, 6.07) is 10.2. The van der Waals surface area contributed by atoms with Crippen LogP contribution in [0.2, 0.25) is 5.15 Å². The number of hydrogen-bond acceptors (Lipinski definition) is 4. The smallest absolute Gasteiger partial charge is 0.412 e. The van der Waals surface area contributed by atoms with E-state index in [0.29, 0.717) is 0 Å². The lowest BCUT2D eigenvalue weighted by Gasteiger charge is -2.11. The van der Waals surface area contributed by atoms with Gasteiger partial charge in [0.15, 0.2) is 0 Å². The molecular formula is C14H10BrClN2O4. The number of carboxylic acid groups (broad SMARTS) is 1. The number of aromatic nitrogens is 1. The van der Waals surface area contributed by atoms with Gasteiger partial charge >= 0.3 is 12.1 Å². The Bertz CT molecular complexity index is 709. The molecule has 0 atom stereocenters. The molecule has 2 aromatic rings. The first kappa shape index (κ1) is 16.3. The number of carbonyl (C=O) groups is 2. The van der Waals surface area contributed by atoms with Crippen LogP contribution in [0.1, 0.15) is 15.9 Å². The number of aromatic carboxylic acids is 1. The molecule has 114 valence electrons. The maximum Gasteiger partial charge on any atom is 0.412 e. The van der Waals surface area contributed by atoms with Gasteiger partial charge in [-0.2, -0.15) is 0 Å². The van der Waals surface area contributed by atoms with Crippen molar-refractivity contribution in [2.45, 2.75) is 6.61 Å². The molecule has 0 radical (unpaired) electrons. The highest BCUT2D eigenvalue weighted by molar-refractivity contribution is 9.10. The first-order valence-electron chi connectivity index (χ1n) is 6.04. The molecule has 0 unspecified atom stereocenters. The first-order chi connectivity index (χ1) is 10.5. The van der Waals surface area contributed by atoms with Crippen molar-refractivity contribution in [3.8, 4) is 0 Å². The topological polar surface area (TPSA) is 88.5 Å². The largest absolute Gasteiger partial charge is 0.478 e. The lowest BCUT2D eigenvalue weighted by atomic mass is 10.2. The van der Waals surface area contributed by atoms with E-state index in [-0.39, 0.29) is 27.6 Å². The normalized spacial score (nSPS) is 10.1. The fourth-order valence-electron chi connectivity index (χ4n) is 1.63. The van der Waals surface area contributed by atoms with Gasteiger partial charge in [-0.15, -0.1) is 0 Å². The summed E-state index contributed by atoms with van der Waals surface area (Å²) in [5.74, 6) is -1.25. The van der Waals surface area contributed by atoms with Gasteiger partial charge < -0.3 is 9.84 Å². The summed E-state index contributed by atoms with van der Waals surface area (Å²) in [7, 11) is 0. The van der Waals surface area contributed by atoms with E-state index in [1.54, 1.807) is 12.1 Å². The third kappa shape index (κ3) is 4.19. The van der Waals surface area contributed by atoms with Gasteiger partial charge in [-0.25, -0.2) is 14.6 Å². The predicted octanol–water partition coefficient (Wildman–Crippen LogP) is 3.94. The van der Waals surface area contributed by atoms with Crippen molar-refractivity contribution in [2.75, 3.05) is 5.32 Å². The van der Waals surface area contributed by atoms with Gasteiger partial charge in [-0.1, -0.05) is 41.9 Å². The van der Waals surface area contributed by atoms with Crippen molar-refractivity contribution in [3.63, 3.8) is 0 Å². The second-order valence-corrected chi connectivity index (χ2v) is 5.29. The van der Waals surface area contributed by atoms with Gasteiger partial charge in [0, 0.05) is 0 Å². The lowest BCUT2D eigenvalue weighted by molar-refractivity contribution is 0.0698. The number of rotatable bonds is 4. The number of nitrogens with zero attached hydrogens (tertiary/aromatic N) is 1. The molecule has 0 fully saturated rings.